The summed E-state index contributed by atoms with van der Waals surface area (Å²) < 4.78 is 13.0. The van der Waals surface area contributed by atoms with E-state index in [0.717, 1.165) is 27.7 Å². The number of aliphatic imine (C=N–C) groups is 1. The molecule has 3 nitrogen and oxygen atoms in total. The fourth-order valence-corrected chi connectivity index (χ4v) is 4.17. The first kappa shape index (κ1) is 22.1. The number of fused-ring (bicyclic) bond motifs is 1. The van der Waals surface area contributed by atoms with Gasteiger partial charge in [0.2, 0.25) is 0 Å². The first-order valence-corrected chi connectivity index (χ1v) is 11.7. The lowest BCUT2D eigenvalue weighted by molar-refractivity contribution is 0.268. The normalized spacial score (nSPS) is 11.2. The molecule has 4 rings (SSSR count). The average molecular weight is 488 g/mol. The molecule has 0 atom stereocenters. The molecule has 0 saturated carbocycles. The minimum Gasteiger partial charge on any atom is -0.490 e. The summed E-state index contributed by atoms with van der Waals surface area (Å²) in [6.07, 6.45) is 2.87. The van der Waals surface area contributed by atoms with Crippen LogP contribution in [0.15, 0.2) is 88.3 Å². The predicted molar refractivity (Wildman–Crippen MR) is 137 cm³/mol. The van der Waals surface area contributed by atoms with Gasteiger partial charge in [0, 0.05) is 6.21 Å². The minimum absolute atomic E-state index is 0.456. The van der Waals surface area contributed by atoms with Crippen molar-refractivity contribution < 1.29 is 9.47 Å². The number of benzene rings is 4. The second-order valence-corrected chi connectivity index (χ2v) is 8.32. The van der Waals surface area contributed by atoms with Crippen molar-refractivity contribution in [2.24, 2.45) is 4.99 Å². The Kier molecular flexibility index (Phi) is 7.23. The summed E-state index contributed by atoms with van der Waals surface area (Å²) in [4.78, 5) is 4.61. The van der Waals surface area contributed by atoms with Crippen molar-refractivity contribution >= 4 is 38.6 Å². The van der Waals surface area contributed by atoms with Crippen LogP contribution in [0.3, 0.4) is 0 Å². The van der Waals surface area contributed by atoms with Crippen LogP contribution in [0.4, 0.5) is 5.69 Å². The Morgan fingerprint density at radius 1 is 0.875 bits per heavy atom. The van der Waals surface area contributed by atoms with Crippen molar-refractivity contribution in [3.8, 4) is 11.5 Å². The van der Waals surface area contributed by atoms with Crippen LogP contribution < -0.4 is 9.47 Å². The maximum atomic E-state index is 6.24. The van der Waals surface area contributed by atoms with Crippen LogP contribution in [0.5, 0.6) is 11.5 Å². The van der Waals surface area contributed by atoms with Gasteiger partial charge in [-0.25, -0.2) is 0 Å². The van der Waals surface area contributed by atoms with Crippen LogP contribution in [0, 0.1) is 0 Å². The highest BCUT2D eigenvalue weighted by Crippen LogP contribution is 2.37. The van der Waals surface area contributed by atoms with Gasteiger partial charge in [-0.15, -0.1) is 0 Å². The zero-order valence-corrected chi connectivity index (χ0v) is 19.9. The third-order valence-electron chi connectivity index (χ3n) is 5.29. The van der Waals surface area contributed by atoms with Crippen molar-refractivity contribution in [3.63, 3.8) is 0 Å². The lowest BCUT2D eigenvalue weighted by Gasteiger charge is -2.15. The van der Waals surface area contributed by atoms with E-state index < -0.39 is 0 Å². The highest BCUT2D eigenvalue weighted by Gasteiger charge is 2.13. The lowest BCUT2D eigenvalue weighted by atomic mass is 10.1. The summed E-state index contributed by atoms with van der Waals surface area (Å²) in [6, 6.07) is 26.9. The first-order valence-electron chi connectivity index (χ1n) is 10.9. The molecule has 0 aliphatic carbocycles. The molecule has 0 aromatic heterocycles. The molecule has 0 heterocycles. The number of ether oxygens (including phenoxy) is 2. The molecular weight excluding hydrogens is 462 g/mol. The molecule has 0 N–H and O–H groups in total. The van der Waals surface area contributed by atoms with Gasteiger partial charge in [0.05, 0.1) is 16.8 Å². The Morgan fingerprint density at radius 2 is 1.66 bits per heavy atom. The van der Waals surface area contributed by atoms with E-state index in [2.05, 4.69) is 82.4 Å². The van der Waals surface area contributed by atoms with E-state index in [1.165, 1.54) is 16.3 Å². The lowest BCUT2D eigenvalue weighted by Crippen LogP contribution is -2.02. The van der Waals surface area contributed by atoms with Crippen LogP contribution in [-0.4, -0.2) is 12.8 Å². The Morgan fingerprint density at radius 3 is 2.44 bits per heavy atom. The van der Waals surface area contributed by atoms with E-state index in [4.69, 9.17) is 9.47 Å². The molecule has 32 heavy (non-hydrogen) atoms. The summed E-state index contributed by atoms with van der Waals surface area (Å²) in [6.45, 7) is 5.13. The van der Waals surface area contributed by atoms with E-state index >= 15 is 0 Å². The molecule has 0 amide bonds. The molecule has 0 spiro atoms. The van der Waals surface area contributed by atoms with Gasteiger partial charge in [0.25, 0.3) is 0 Å². The quantitative estimate of drug-likeness (QED) is 0.236. The zero-order valence-electron chi connectivity index (χ0n) is 18.3. The summed E-state index contributed by atoms with van der Waals surface area (Å²) >= 11 is 3.67. The van der Waals surface area contributed by atoms with Crippen LogP contribution in [0.1, 0.15) is 30.5 Å². The first-order chi connectivity index (χ1) is 15.7. The molecule has 0 unspecified atom stereocenters. The van der Waals surface area contributed by atoms with Crippen molar-refractivity contribution in [2.45, 2.75) is 26.9 Å². The Bertz CT molecular complexity index is 1230. The summed E-state index contributed by atoms with van der Waals surface area (Å²) in [7, 11) is 0. The standard InChI is InChI=1S/C28H26BrNO2/c1-3-20-12-14-24(15-13-20)30-18-21-16-26(29)28(27(17-21)31-4-2)32-19-23-10-7-9-22-8-5-6-11-25(22)23/h5-18H,3-4,19H2,1-2H3. The molecule has 0 fully saturated rings. The fraction of sp³-hybridized carbons (Fsp3) is 0.179. The highest BCUT2D eigenvalue weighted by atomic mass is 79.9. The number of nitrogens with zero attached hydrogens (tertiary/aromatic N) is 1. The molecule has 0 saturated heterocycles. The minimum atomic E-state index is 0.456. The van der Waals surface area contributed by atoms with E-state index in [9.17, 15) is 0 Å². The Hall–Kier alpha value is -3.11. The Balaban J connectivity index is 1.57. The van der Waals surface area contributed by atoms with Gasteiger partial charge in [-0.05, 0) is 81.0 Å². The molecular formula is C28H26BrNO2. The highest BCUT2D eigenvalue weighted by molar-refractivity contribution is 9.10. The largest absolute Gasteiger partial charge is 0.490 e. The molecule has 4 heteroatoms. The molecule has 4 aromatic carbocycles. The van der Waals surface area contributed by atoms with Crippen molar-refractivity contribution in [1.82, 2.24) is 0 Å². The third kappa shape index (κ3) is 5.20. The number of halogens is 1. The van der Waals surface area contributed by atoms with Crippen molar-refractivity contribution in [1.29, 1.82) is 0 Å². The average Bonchev–Trinajstić information content (AvgIpc) is 2.83. The van der Waals surface area contributed by atoms with Gasteiger partial charge in [-0.1, -0.05) is 61.5 Å². The maximum Gasteiger partial charge on any atom is 0.175 e. The summed E-state index contributed by atoms with van der Waals surface area (Å²) in [5, 5.41) is 2.40. The topological polar surface area (TPSA) is 30.8 Å². The van der Waals surface area contributed by atoms with Gasteiger partial charge >= 0.3 is 0 Å². The second kappa shape index (κ2) is 10.5. The molecule has 0 radical (unpaired) electrons. The number of aryl methyl sites for hydroxylation is 1. The van der Waals surface area contributed by atoms with E-state index in [1.807, 2.05) is 37.4 Å². The maximum absolute atomic E-state index is 6.24. The third-order valence-corrected chi connectivity index (χ3v) is 5.88. The number of hydrogen-bond acceptors (Lipinski definition) is 3. The fourth-order valence-electron chi connectivity index (χ4n) is 3.60. The smallest absolute Gasteiger partial charge is 0.175 e. The van der Waals surface area contributed by atoms with E-state index in [1.54, 1.807) is 0 Å². The predicted octanol–water partition coefficient (Wildman–Crippen LogP) is 7.89. The van der Waals surface area contributed by atoms with Crippen LogP contribution >= 0.6 is 15.9 Å². The zero-order chi connectivity index (χ0) is 22.3. The van der Waals surface area contributed by atoms with Gasteiger partial charge < -0.3 is 9.47 Å². The van der Waals surface area contributed by atoms with Crippen LogP contribution in [0.25, 0.3) is 10.8 Å². The summed E-state index contributed by atoms with van der Waals surface area (Å²) in [5.74, 6) is 1.40. The molecule has 4 aromatic rings. The summed E-state index contributed by atoms with van der Waals surface area (Å²) in [5.41, 5.74) is 4.31. The second-order valence-electron chi connectivity index (χ2n) is 7.47. The molecule has 162 valence electrons. The SMILES string of the molecule is CCOc1cc(C=Nc2ccc(CC)cc2)cc(Br)c1OCc1cccc2ccccc12. The van der Waals surface area contributed by atoms with E-state index in [-0.39, 0.29) is 0 Å². The van der Waals surface area contributed by atoms with Crippen molar-refractivity contribution in [2.75, 3.05) is 6.61 Å². The van der Waals surface area contributed by atoms with Gasteiger partial charge in [0.15, 0.2) is 11.5 Å². The van der Waals surface area contributed by atoms with Crippen LogP contribution in [0.2, 0.25) is 0 Å². The molecule has 0 aliphatic heterocycles. The van der Waals surface area contributed by atoms with E-state index in [0.29, 0.717) is 24.7 Å². The monoisotopic (exact) mass is 487 g/mol. The number of hydrogen-bond donors (Lipinski definition) is 0. The number of rotatable bonds is 8. The van der Waals surface area contributed by atoms with Gasteiger partial charge in [-0.3, -0.25) is 4.99 Å². The van der Waals surface area contributed by atoms with Crippen LogP contribution in [-0.2, 0) is 13.0 Å². The molecule has 0 bridgehead atoms. The Labute approximate surface area is 197 Å². The van der Waals surface area contributed by atoms with Gasteiger partial charge in [-0.2, -0.15) is 0 Å². The van der Waals surface area contributed by atoms with Crippen molar-refractivity contribution in [3.05, 3.63) is 100 Å². The van der Waals surface area contributed by atoms with Gasteiger partial charge in [0.1, 0.15) is 6.61 Å². The molecule has 0 aliphatic rings.